The van der Waals surface area contributed by atoms with Crippen LogP contribution in [0.25, 0.3) is 0 Å². The van der Waals surface area contributed by atoms with Crippen molar-refractivity contribution in [2.75, 3.05) is 0 Å². The van der Waals surface area contributed by atoms with Crippen LogP contribution in [0.1, 0.15) is 46.5 Å². The molecule has 7 N–H and O–H groups in total. The lowest BCUT2D eigenvalue weighted by atomic mass is 10.0. The van der Waals surface area contributed by atoms with Crippen molar-refractivity contribution in [3.63, 3.8) is 0 Å². The molecule has 4 amide bonds. The predicted octanol–water partition coefficient (Wildman–Crippen LogP) is -2.39. The van der Waals surface area contributed by atoms with Gasteiger partial charge >= 0.3 is 17.9 Å². The van der Waals surface area contributed by atoms with Gasteiger partial charge < -0.3 is 41.4 Å². The van der Waals surface area contributed by atoms with E-state index in [4.69, 9.17) is 15.3 Å². The van der Waals surface area contributed by atoms with Crippen LogP contribution in [0.15, 0.2) is 0 Å². The fraction of sp³-hybridized carbons (Fsp3) is 0.600. The molecule has 15 nitrogen and oxygen atoms in total. The van der Waals surface area contributed by atoms with Crippen LogP contribution in [0, 0.1) is 5.92 Å². The molecule has 0 unspecified atom stereocenters. The number of aliphatic carboxylic acids is 3. The molecule has 0 heterocycles. The Morgan fingerprint density at radius 2 is 1.26 bits per heavy atom. The zero-order valence-electron chi connectivity index (χ0n) is 19.4. The SMILES string of the molecule is CC(=O)N[C@H](CC(=O)O)C(=O)N[C@H](CCC(=O)O)C(=O)N[C@@H](C(=O)N[C@H](C=O)CC(=O)O)C(C)C. The maximum absolute atomic E-state index is 12.8. The van der Waals surface area contributed by atoms with E-state index in [-0.39, 0.29) is 6.29 Å². The molecule has 35 heavy (non-hydrogen) atoms. The first-order valence-corrected chi connectivity index (χ1v) is 10.5. The number of hydrogen-bond donors (Lipinski definition) is 7. The molecule has 0 aliphatic rings. The third kappa shape index (κ3) is 12.7. The van der Waals surface area contributed by atoms with Crippen LogP contribution >= 0.6 is 0 Å². The fourth-order valence-electron chi connectivity index (χ4n) is 2.82. The number of carboxylic acids is 3. The zero-order chi connectivity index (χ0) is 27.3. The van der Waals surface area contributed by atoms with Gasteiger partial charge in [0.15, 0.2) is 0 Å². The number of carbonyl (C=O) groups excluding carboxylic acids is 5. The van der Waals surface area contributed by atoms with E-state index in [1.165, 1.54) is 13.8 Å². The number of hydrogen-bond acceptors (Lipinski definition) is 8. The summed E-state index contributed by atoms with van der Waals surface area (Å²) in [6, 6.07) is -5.75. The number of carbonyl (C=O) groups is 8. The Bertz CT molecular complexity index is 827. The highest BCUT2D eigenvalue weighted by Crippen LogP contribution is 2.07. The standard InChI is InChI=1S/C20H30N4O11/c1-9(2)17(20(35)22-11(8-25)6-15(29)30)24-18(33)12(4-5-14(27)28)23-19(34)13(7-16(31)32)21-10(3)26/h8-9,11-13,17H,4-7H2,1-3H3,(H,21,26)(H,22,35)(H,23,34)(H,24,33)(H,27,28)(H,29,30)(H,31,32)/t11-,12+,13+,17+/m0/s1. The molecule has 0 spiro atoms. The van der Waals surface area contributed by atoms with Gasteiger partial charge in [0.25, 0.3) is 0 Å². The van der Waals surface area contributed by atoms with Gasteiger partial charge in [-0.05, 0) is 12.3 Å². The molecule has 0 rings (SSSR count). The largest absolute Gasteiger partial charge is 0.481 e. The molecule has 0 aromatic carbocycles. The molecule has 196 valence electrons. The van der Waals surface area contributed by atoms with E-state index in [2.05, 4.69) is 21.3 Å². The summed E-state index contributed by atoms with van der Waals surface area (Å²) in [4.78, 5) is 93.1. The van der Waals surface area contributed by atoms with Gasteiger partial charge in [-0.3, -0.25) is 33.6 Å². The van der Waals surface area contributed by atoms with Crippen molar-refractivity contribution in [1.29, 1.82) is 0 Å². The van der Waals surface area contributed by atoms with Crippen LogP contribution in [0.5, 0.6) is 0 Å². The van der Waals surface area contributed by atoms with E-state index in [9.17, 15) is 38.4 Å². The molecule has 0 saturated carbocycles. The van der Waals surface area contributed by atoms with Crippen LogP contribution in [0.4, 0.5) is 0 Å². The molecule has 0 aliphatic carbocycles. The Morgan fingerprint density at radius 1 is 0.714 bits per heavy atom. The van der Waals surface area contributed by atoms with Gasteiger partial charge in [-0.15, -0.1) is 0 Å². The topological polar surface area (TPSA) is 245 Å². The molecule has 0 radical (unpaired) electrons. The quantitative estimate of drug-likeness (QED) is 0.110. The first kappa shape index (κ1) is 31.0. The zero-order valence-corrected chi connectivity index (χ0v) is 19.4. The van der Waals surface area contributed by atoms with Crippen molar-refractivity contribution < 1.29 is 53.7 Å². The Kier molecular flexibility index (Phi) is 13.2. The van der Waals surface area contributed by atoms with E-state index in [1.54, 1.807) is 0 Å². The summed E-state index contributed by atoms with van der Waals surface area (Å²) in [5, 5.41) is 35.5. The summed E-state index contributed by atoms with van der Waals surface area (Å²) in [6.07, 6.45) is -2.31. The summed E-state index contributed by atoms with van der Waals surface area (Å²) < 4.78 is 0. The van der Waals surface area contributed by atoms with Gasteiger partial charge in [0, 0.05) is 13.3 Å². The smallest absolute Gasteiger partial charge is 0.305 e. The third-order valence-corrected chi connectivity index (χ3v) is 4.49. The monoisotopic (exact) mass is 502 g/mol. The van der Waals surface area contributed by atoms with Crippen LogP contribution in [-0.2, 0) is 38.4 Å². The lowest BCUT2D eigenvalue weighted by molar-refractivity contribution is -0.141. The molecular weight excluding hydrogens is 472 g/mol. The molecule has 4 atom stereocenters. The van der Waals surface area contributed by atoms with Crippen LogP contribution in [0.3, 0.4) is 0 Å². The second-order valence-corrected chi connectivity index (χ2v) is 7.92. The summed E-state index contributed by atoms with van der Waals surface area (Å²) in [5.41, 5.74) is 0. The van der Waals surface area contributed by atoms with E-state index in [0.29, 0.717) is 0 Å². The van der Waals surface area contributed by atoms with Crippen molar-refractivity contribution in [3.8, 4) is 0 Å². The van der Waals surface area contributed by atoms with E-state index in [1.807, 2.05) is 0 Å². The Hall–Kier alpha value is -4.04. The Balaban J connectivity index is 5.66. The molecule has 0 fully saturated rings. The molecule has 0 aromatic rings. The lowest BCUT2D eigenvalue weighted by Crippen LogP contribution is -2.58. The van der Waals surface area contributed by atoms with Crippen molar-refractivity contribution in [2.45, 2.75) is 70.6 Å². The number of nitrogens with one attached hydrogen (secondary N) is 4. The maximum atomic E-state index is 12.8. The van der Waals surface area contributed by atoms with E-state index < -0.39 is 97.3 Å². The van der Waals surface area contributed by atoms with Gasteiger partial charge in [-0.2, -0.15) is 0 Å². The number of amides is 4. The van der Waals surface area contributed by atoms with Gasteiger partial charge in [-0.25, -0.2) is 0 Å². The summed E-state index contributed by atoms with van der Waals surface area (Å²) >= 11 is 0. The van der Waals surface area contributed by atoms with E-state index in [0.717, 1.165) is 6.92 Å². The molecule has 0 saturated heterocycles. The second-order valence-electron chi connectivity index (χ2n) is 7.92. The molecule has 15 heteroatoms. The number of rotatable bonds is 16. The van der Waals surface area contributed by atoms with E-state index >= 15 is 0 Å². The highest BCUT2D eigenvalue weighted by Gasteiger charge is 2.32. The average molecular weight is 502 g/mol. The summed E-state index contributed by atoms with van der Waals surface area (Å²) in [5.74, 6) is -8.33. The molecule has 0 aliphatic heterocycles. The molecular formula is C20H30N4O11. The number of aldehydes is 1. The third-order valence-electron chi connectivity index (χ3n) is 4.49. The van der Waals surface area contributed by atoms with Gasteiger partial charge in [0.2, 0.25) is 23.6 Å². The van der Waals surface area contributed by atoms with Crippen LogP contribution < -0.4 is 21.3 Å². The van der Waals surface area contributed by atoms with Crippen LogP contribution in [0.2, 0.25) is 0 Å². The summed E-state index contributed by atoms with van der Waals surface area (Å²) in [7, 11) is 0. The number of carboxylic acid groups (broad SMARTS) is 3. The first-order valence-electron chi connectivity index (χ1n) is 10.5. The molecule has 0 bridgehead atoms. The highest BCUT2D eigenvalue weighted by molar-refractivity contribution is 5.96. The minimum atomic E-state index is -1.56. The summed E-state index contributed by atoms with van der Waals surface area (Å²) in [6.45, 7) is 4.10. The second kappa shape index (κ2) is 15.0. The minimum absolute atomic E-state index is 0.214. The van der Waals surface area contributed by atoms with Crippen molar-refractivity contribution in [1.82, 2.24) is 21.3 Å². The Morgan fingerprint density at radius 3 is 1.69 bits per heavy atom. The van der Waals surface area contributed by atoms with Crippen molar-refractivity contribution >= 4 is 47.8 Å². The van der Waals surface area contributed by atoms with Gasteiger partial charge in [0.05, 0.1) is 18.9 Å². The van der Waals surface area contributed by atoms with Crippen molar-refractivity contribution in [2.24, 2.45) is 5.92 Å². The Labute approximate surface area is 200 Å². The maximum Gasteiger partial charge on any atom is 0.305 e. The lowest BCUT2D eigenvalue weighted by Gasteiger charge is -2.27. The van der Waals surface area contributed by atoms with Crippen molar-refractivity contribution in [3.05, 3.63) is 0 Å². The highest BCUT2D eigenvalue weighted by atomic mass is 16.4. The first-order chi connectivity index (χ1) is 16.2. The normalized spacial score (nSPS) is 13.9. The molecule has 0 aromatic heterocycles. The van der Waals surface area contributed by atoms with Gasteiger partial charge in [0.1, 0.15) is 24.4 Å². The van der Waals surface area contributed by atoms with Crippen LogP contribution in [-0.4, -0.2) is 87.3 Å². The fourth-order valence-corrected chi connectivity index (χ4v) is 2.82. The van der Waals surface area contributed by atoms with Gasteiger partial charge in [-0.1, -0.05) is 13.8 Å². The minimum Gasteiger partial charge on any atom is -0.481 e. The average Bonchev–Trinajstić information content (AvgIpc) is 2.71. The predicted molar refractivity (Wildman–Crippen MR) is 116 cm³/mol.